The highest BCUT2D eigenvalue weighted by Crippen LogP contribution is 2.23. The van der Waals surface area contributed by atoms with Crippen LogP contribution in [0.3, 0.4) is 0 Å². The third-order valence-electron chi connectivity index (χ3n) is 3.68. The Balaban J connectivity index is 2.86. The monoisotopic (exact) mass is 269 g/mol. The highest BCUT2D eigenvalue weighted by molar-refractivity contribution is 6.30. The summed E-state index contributed by atoms with van der Waals surface area (Å²) in [6.45, 7) is 7.37. The lowest BCUT2D eigenvalue weighted by Gasteiger charge is -2.36. The highest BCUT2D eigenvalue weighted by Gasteiger charge is 2.31. The smallest absolute Gasteiger partial charge is 0.0803 e. The zero-order valence-electron chi connectivity index (χ0n) is 11.8. The van der Waals surface area contributed by atoms with E-state index in [0.717, 1.165) is 24.4 Å². The molecule has 2 unspecified atom stereocenters. The number of halogens is 1. The van der Waals surface area contributed by atoms with Crippen LogP contribution in [0.25, 0.3) is 0 Å². The molecule has 0 aliphatic heterocycles. The van der Waals surface area contributed by atoms with E-state index in [-0.39, 0.29) is 11.6 Å². The van der Waals surface area contributed by atoms with Crippen LogP contribution in [-0.2, 0) is 11.2 Å². The van der Waals surface area contributed by atoms with Gasteiger partial charge in [-0.1, -0.05) is 37.6 Å². The van der Waals surface area contributed by atoms with E-state index in [4.69, 9.17) is 16.3 Å². The fourth-order valence-corrected chi connectivity index (χ4v) is 2.40. The standard InChI is InChI=1S/C15H24ClNO/c1-5-15(3,18-4)14(17-6-2)11-12-8-7-9-13(16)10-12/h7-10,14,17H,5-6,11H2,1-4H3. The van der Waals surface area contributed by atoms with Gasteiger partial charge in [0.25, 0.3) is 0 Å². The van der Waals surface area contributed by atoms with E-state index < -0.39 is 0 Å². The van der Waals surface area contributed by atoms with Crippen molar-refractivity contribution < 1.29 is 4.74 Å². The SMILES string of the molecule is CCNC(Cc1cccc(Cl)c1)C(C)(CC)OC. The molecule has 0 amide bonds. The molecule has 18 heavy (non-hydrogen) atoms. The summed E-state index contributed by atoms with van der Waals surface area (Å²) >= 11 is 6.04. The number of rotatable bonds is 7. The second-order valence-electron chi connectivity index (χ2n) is 4.81. The lowest BCUT2D eigenvalue weighted by molar-refractivity contribution is -0.0283. The Morgan fingerprint density at radius 1 is 1.39 bits per heavy atom. The molecule has 0 heterocycles. The Labute approximate surface area is 116 Å². The van der Waals surface area contributed by atoms with Gasteiger partial charge in [0.1, 0.15) is 0 Å². The fourth-order valence-electron chi connectivity index (χ4n) is 2.18. The van der Waals surface area contributed by atoms with Crippen LogP contribution in [0.15, 0.2) is 24.3 Å². The third kappa shape index (κ3) is 3.98. The summed E-state index contributed by atoms with van der Waals surface area (Å²) in [4.78, 5) is 0. The average Bonchev–Trinajstić information content (AvgIpc) is 2.37. The predicted molar refractivity (Wildman–Crippen MR) is 78.3 cm³/mol. The third-order valence-corrected chi connectivity index (χ3v) is 3.92. The van der Waals surface area contributed by atoms with Crippen LogP contribution in [0.1, 0.15) is 32.8 Å². The lowest BCUT2D eigenvalue weighted by atomic mass is 9.88. The van der Waals surface area contributed by atoms with Crippen LogP contribution >= 0.6 is 11.6 Å². The van der Waals surface area contributed by atoms with Crippen LogP contribution in [0, 0.1) is 0 Å². The highest BCUT2D eigenvalue weighted by atomic mass is 35.5. The number of hydrogen-bond acceptors (Lipinski definition) is 2. The van der Waals surface area contributed by atoms with Crippen molar-refractivity contribution in [2.75, 3.05) is 13.7 Å². The summed E-state index contributed by atoms with van der Waals surface area (Å²) in [5.41, 5.74) is 1.09. The summed E-state index contributed by atoms with van der Waals surface area (Å²) in [5, 5.41) is 4.32. The van der Waals surface area contributed by atoms with E-state index in [0.29, 0.717) is 0 Å². The number of nitrogens with one attached hydrogen (secondary N) is 1. The van der Waals surface area contributed by atoms with Gasteiger partial charge in [0.15, 0.2) is 0 Å². The summed E-state index contributed by atoms with van der Waals surface area (Å²) in [6.07, 6.45) is 1.90. The molecule has 2 nitrogen and oxygen atoms in total. The number of benzene rings is 1. The molecule has 1 N–H and O–H groups in total. The van der Waals surface area contributed by atoms with Gasteiger partial charge in [-0.2, -0.15) is 0 Å². The number of methoxy groups -OCH3 is 1. The van der Waals surface area contributed by atoms with Crippen molar-refractivity contribution in [3.8, 4) is 0 Å². The Bertz CT molecular complexity index is 363. The van der Waals surface area contributed by atoms with Crippen molar-refractivity contribution in [3.63, 3.8) is 0 Å². The molecule has 0 aromatic heterocycles. The molecule has 2 atom stereocenters. The second kappa shape index (κ2) is 7.13. The molecule has 0 saturated carbocycles. The van der Waals surface area contributed by atoms with E-state index in [9.17, 15) is 0 Å². The number of likely N-dealkylation sites (N-methyl/N-ethyl adjacent to an activating group) is 1. The van der Waals surface area contributed by atoms with Gasteiger partial charge >= 0.3 is 0 Å². The van der Waals surface area contributed by atoms with Crippen molar-refractivity contribution in [2.45, 2.75) is 45.3 Å². The van der Waals surface area contributed by atoms with Crippen LogP contribution < -0.4 is 5.32 Å². The van der Waals surface area contributed by atoms with Gasteiger partial charge in [-0.15, -0.1) is 0 Å². The Morgan fingerprint density at radius 3 is 2.61 bits per heavy atom. The van der Waals surface area contributed by atoms with Crippen LogP contribution in [0.5, 0.6) is 0 Å². The van der Waals surface area contributed by atoms with Crippen LogP contribution in [-0.4, -0.2) is 25.3 Å². The van der Waals surface area contributed by atoms with Crippen LogP contribution in [0.2, 0.25) is 5.02 Å². The summed E-state index contributed by atoms with van der Waals surface area (Å²) in [7, 11) is 1.78. The van der Waals surface area contributed by atoms with Crippen molar-refractivity contribution in [1.82, 2.24) is 5.32 Å². The molecular weight excluding hydrogens is 246 g/mol. The quantitative estimate of drug-likeness (QED) is 0.815. The second-order valence-corrected chi connectivity index (χ2v) is 5.25. The molecule has 0 aliphatic carbocycles. The minimum absolute atomic E-state index is 0.154. The summed E-state index contributed by atoms with van der Waals surface area (Å²) in [6, 6.07) is 8.33. The van der Waals surface area contributed by atoms with Gasteiger partial charge in [0, 0.05) is 18.2 Å². The lowest BCUT2D eigenvalue weighted by Crippen LogP contribution is -2.51. The van der Waals surface area contributed by atoms with E-state index in [1.807, 2.05) is 18.2 Å². The van der Waals surface area contributed by atoms with E-state index >= 15 is 0 Å². The molecule has 0 bridgehead atoms. The maximum atomic E-state index is 6.04. The summed E-state index contributed by atoms with van der Waals surface area (Å²) in [5.74, 6) is 0. The Hall–Kier alpha value is -0.570. The Morgan fingerprint density at radius 2 is 2.11 bits per heavy atom. The largest absolute Gasteiger partial charge is 0.377 e. The molecule has 0 fully saturated rings. The van der Waals surface area contributed by atoms with E-state index in [1.54, 1.807) is 7.11 Å². The predicted octanol–water partition coefficient (Wildman–Crippen LogP) is 3.68. The minimum atomic E-state index is -0.154. The molecule has 1 aromatic carbocycles. The molecule has 0 spiro atoms. The zero-order chi connectivity index (χ0) is 13.6. The number of ether oxygens (including phenoxy) is 1. The van der Waals surface area contributed by atoms with Gasteiger partial charge in [-0.3, -0.25) is 0 Å². The maximum absolute atomic E-state index is 6.04. The van der Waals surface area contributed by atoms with Gasteiger partial charge in [0.2, 0.25) is 0 Å². The van der Waals surface area contributed by atoms with E-state index in [1.165, 1.54) is 5.56 Å². The molecule has 0 aliphatic rings. The first-order valence-corrected chi connectivity index (χ1v) is 6.96. The van der Waals surface area contributed by atoms with Crippen LogP contribution in [0.4, 0.5) is 0 Å². The maximum Gasteiger partial charge on any atom is 0.0803 e. The van der Waals surface area contributed by atoms with Crippen molar-refractivity contribution in [2.24, 2.45) is 0 Å². The molecular formula is C15H24ClNO. The molecule has 1 aromatic rings. The average molecular weight is 270 g/mol. The first-order chi connectivity index (χ1) is 8.55. The van der Waals surface area contributed by atoms with Gasteiger partial charge in [-0.05, 0) is 44.0 Å². The van der Waals surface area contributed by atoms with Gasteiger partial charge < -0.3 is 10.1 Å². The van der Waals surface area contributed by atoms with Crippen molar-refractivity contribution >= 4 is 11.6 Å². The molecule has 3 heteroatoms. The normalized spacial score (nSPS) is 16.3. The molecule has 102 valence electrons. The minimum Gasteiger partial charge on any atom is -0.377 e. The van der Waals surface area contributed by atoms with E-state index in [2.05, 4.69) is 32.2 Å². The molecule has 0 saturated heterocycles. The topological polar surface area (TPSA) is 21.3 Å². The zero-order valence-corrected chi connectivity index (χ0v) is 12.6. The van der Waals surface area contributed by atoms with Crippen molar-refractivity contribution in [1.29, 1.82) is 0 Å². The molecule has 0 radical (unpaired) electrons. The number of hydrogen-bond donors (Lipinski definition) is 1. The summed E-state index contributed by atoms with van der Waals surface area (Å²) < 4.78 is 5.71. The first-order valence-electron chi connectivity index (χ1n) is 6.58. The fraction of sp³-hybridized carbons (Fsp3) is 0.600. The molecule has 1 rings (SSSR count). The van der Waals surface area contributed by atoms with Gasteiger partial charge in [0.05, 0.1) is 5.60 Å². The Kier molecular flexibility index (Phi) is 6.13. The van der Waals surface area contributed by atoms with Crippen molar-refractivity contribution in [3.05, 3.63) is 34.9 Å². The first kappa shape index (κ1) is 15.5. The van der Waals surface area contributed by atoms with Gasteiger partial charge in [-0.25, -0.2) is 0 Å².